The van der Waals surface area contributed by atoms with E-state index in [0.29, 0.717) is 52.1 Å². The Morgan fingerprint density at radius 3 is 1.00 bits per heavy atom. The van der Waals surface area contributed by atoms with Crippen LogP contribution in [-0.4, -0.2) is 36.6 Å². The summed E-state index contributed by atoms with van der Waals surface area (Å²) in [6.45, 7) is 10.7. The van der Waals surface area contributed by atoms with E-state index in [4.69, 9.17) is 18.9 Å². The van der Waals surface area contributed by atoms with Crippen LogP contribution >= 0.6 is 0 Å². The number of phenols is 2. The van der Waals surface area contributed by atoms with Gasteiger partial charge in [-0.3, -0.25) is 0 Å². The largest absolute Gasteiger partial charge is 0.507 e. The van der Waals surface area contributed by atoms with Crippen molar-refractivity contribution in [2.45, 2.75) is 79.1 Å². The average molecular weight is 625 g/mol. The number of para-hydroxylation sites is 2. The third kappa shape index (κ3) is 7.72. The molecule has 1 aliphatic carbocycles. The summed E-state index contributed by atoms with van der Waals surface area (Å²) in [6, 6.07) is 20.0. The number of phenolic OH excluding ortho intramolecular Hbond substituents is 2. The Hall–Kier alpha value is -4.32. The van der Waals surface area contributed by atoms with Crippen molar-refractivity contribution in [1.82, 2.24) is 0 Å². The molecule has 2 N–H and O–H groups in total. The van der Waals surface area contributed by atoms with E-state index in [1.165, 1.54) is 0 Å². The second-order valence-corrected chi connectivity index (χ2v) is 12.1. The maximum Gasteiger partial charge on any atom is 0.126 e. The number of benzene rings is 4. The molecule has 0 saturated carbocycles. The lowest BCUT2D eigenvalue weighted by atomic mass is 9.91. The highest BCUT2D eigenvalue weighted by atomic mass is 16.5. The SMILES string of the molecule is CCCOc1cc2c(OCCC)c(c1)Cc1cccc(c1O)Cc1cc(OCCC)cc(c1OCCC)Cc1cccc(c1O)C2. The van der Waals surface area contributed by atoms with Gasteiger partial charge in [-0.25, -0.2) is 0 Å². The van der Waals surface area contributed by atoms with Gasteiger partial charge in [-0.15, -0.1) is 0 Å². The van der Waals surface area contributed by atoms with Crippen molar-refractivity contribution >= 4 is 0 Å². The number of hydrogen-bond donors (Lipinski definition) is 2. The molecule has 8 bridgehead atoms. The van der Waals surface area contributed by atoms with Crippen LogP contribution in [0.2, 0.25) is 0 Å². The highest BCUT2D eigenvalue weighted by Gasteiger charge is 2.22. The summed E-state index contributed by atoms with van der Waals surface area (Å²) in [6.07, 6.45) is 5.35. The molecule has 6 heteroatoms. The quantitative estimate of drug-likeness (QED) is 0.144. The van der Waals surface area contributed by atoms with E-state index >= 15 is 0 Å². The smallest absolute Gasteiger partial charge is 0.126 e. The van der Waals surface area contributed by atoms with Crippen LogP contribution in [0.3, 0.4) is 0 Å². The van der Waals surface area contributed by atoms with E-state index in [0.717, 1.165) is 93.2 Å². The second-order valence-electron chi connectivity index (χ2n) is 12.1. The van der Waals surface area contributed by atoms with Crippen LogP contribution in [0.15, 0.2) is 60.7 Å². The van der Waals surface area contributed by atoms with E-state index < -0.39 is 0 Å². The van der Waals surface area contributed by atoms with Gasteiger partial charge in [-0.2, -0.15) is 0 Å². The van der Waals surface area contributed by atoms with Crippen LogP contribution in [-0.2, 0) is 25.7 Å². The van der Waals surface area contributed by atoms with Crippen LogP contribution in [0.4, 0.5) is 0 Å². The standard InChI is InChI=1S/C40H48O6/c1-5-15-43-35-23-31-19-27-11-9-13-29(37(27)41)21-33-25-36(44-16-6-2)26-34(40(33)46-18-8-4)22-30-14-10-12-28(38(30)42)20-32(24-35)39(31)45-17-7-3/h9-14,23-26,41-42H,5-8,15-22H2,1-4H3. The van der Waals surface area contributed by atoms with Crippen LogP contribution in [0.5, 0.6) is 34.5 Å². The molecular formula is C40H48O6. The summed E-state index contributed by atoms with van der Waals surface area (Å²) in [5, 5.41) is 23.5. The van der Waals surface area contributed by atoms with Crippen LogP contribution < -0.4 is 18.9 Å². The Morgan fingerprint density at radius 2 is 0.717 bits per heavy atom. The minimum atomic E-state index is 0.267. The van der Waals surface area contributed by atoms with Crippen molar-refractivity contribution in [2.75, 3.05) is 26.4 Å². The highest BCUT2D eigenvalue weighted by molar-refractivity contribution is 5.58. The molecule has 244 valence electrons. The van der Waals surface area contributed by atoms with Crippen molar-refractivity contribution in [3.8, 4) is 34.5 Å². The summed E-state index contributed by atoms with van der Waals surface area (Å²) in [7, 11) is 0. The Labute approximate surface area is 273 Å². The van der Waals surface area contributed by atoms with Crippen molar-refractivity contribution in [2.24, 2.45) is 0 Å². The van der Waals surface area contributed by atoms with Gasteiger partial charge in [0.1, 0.15) is 34.5 Å². The molecule has 0 radical (unpaired) electrons. The molecule has 46 heavy (non-hydrogen) atoms. The Balaban J connectivity index is 1.74. The first kappa shape index (κ1) is 33.1. The lowest BCUT2D eigenvalue weighted by Gasteiger charge is -2.22. The van der Waals surface area contributed by atoms with Crippen molar-refractivity contribution in [3.63, 3.8) is 0 Å². The summed E-state index contributed by atoms with van der Waals surface area (Å²) in [4.78, 5) is 0. The third-order valence-electron chi connectivity index (χ3n) is 8.21. The predicted molar refractivity (Wildman–Crippen MR) is 183 cm³/mol. The van der Waals surface area contributed by atoms with Crippen molar-refractivity contribution in [3.05, 3.63) is 105 Å². The topological polar surface area (TPSA) is 77.4 Å². The molecule has 6 nitrogen and oxygen atoms in total. The fraction of sp³-hybridized carbons (Fsp3) is 0.400. The summed E-state index contributed by atoms with van der Waals surface area (Å²) in [5.41, 5.74) is 7.00. The zero-order valence-electron chi connectivity index (χ0n) is 27.8. The maximum atomic E-state index is 11.7. The lowest BCUT2D eigenvalue weighted by molar-refractivity contribution is 0.303. The number of ether oxygens (including phenoxy) is 4. The van der Waals surface area contributed by atoms with Crippen molar-refractivity contribution in [1.29, 1.82) is 0 Å². The van der Waals surface area contributed by atoms with Crippen LogP contribution in [0.1, 0.15) is 97.9 Å². The van der Waals surface area contributed by atoms with Gasteiger partial charge in [0.05, 0.1) is 26.4 Å². The van der Waals surface area contributed by atoms with Crippen molar-refractivity contribution < 1.29 is 29.2 Å². The van der Waals surface area contributed by atoms with Gasteiger partial charge in [0.25, 0.3) is 0 Å². The number of rotatable bonds is 12. The van der Waals surface area contributed by atoms with Gasteiger partial charge in [-0.05, 0) is 72.2 Å². The van der Waals surface area contributed by atoms with Crippen LogP contribution in [0, 0.1) is 0 Å². The molecule has 0 spiro atoms. The first-order valence-electron chi connectivity index (χ1n) is 16.9. The minimum Gasteiger partial charge on any atom is -0.507 e. The monoisotopic (exact) mass is 624 g/mol. The normalized spacial score (nSPS) is 12.4. The van der Waals surface area contributed by atoms with E-state index in [1.54, 1.807) is 0 Å². The van der Waals surface area contributed by atoms with E-state index in [1.807, 2.05) is 60.7 Å². The Kier molecular flexibility index (Phi) is 11.4. The fourth-order valence-electron chi connectivity index (χ4n) is 6.04. The number of fused-ring (bicyclic) bond motifs is 8. The molecule has 0 heterocycles. The molecule has 0 atom stereocenters. The Morgan fingerprint density at radius 1 is 0.435 bits per heavy atom. The molecular weight excluding hydrogens is 576 g/mol. The molecule has 0 aliphatic heterocycles. The van der Waals surface area contributed by atoms with Gasteiger partial charge in [0.15, 0.2) is 0 Å². The molecule has 1 aliphatic rings. The number of hydrogen-bond acceptors (Lipinski definition) is 6. The summed E-state index contributed by atoms with van der Waals surface area (Å²) < 4.78 is 25.2. The predicted octanol–water partition coefficient (Wildman–Crippen LogP) is 8.93. The molecule has 4 aromatic carbocycles. The zero-order chi connectivity index (χ0) is 32.5. The number of aromatic hydroxyl groups is 2. The highest BCUT2D eigenvalue weighted by Crippen LogP contribution is 2.40. The average Bonchev–Trinajstić information content (AvgIpc) is 3.05. The zero-order valence-corrected chi connectivity index (χ0v) is 27.8. The Bertz CT molecular complexity index is 1410. The van der Waals surface area contributed by atoms with Crippen LogP contribution in [0.25, 0.3) is 0 Å². The van der Waals surface area contributed by atoms with Gasteiger partial charge in [-0.1, -0.05) is 64.1 Å². The van der Waals surface area contributed by atoms with E-state index in [9.17, 15) is 10.2 Å². The fourth-order valence-corrected chi connectivity index (χ4v) is 6.04. The third-order valence-corrected chi connectivity index (χ3v) is 8.21. The first-order chi connectivity index (χ1) is 22.4. The molecule has 5 rings (SSSR count). The van der Waals surface area contributed by atoms with E-state index in [2.05, 4.69) is 27.7 Å². The maximum absolute atomic E-state index is 11.7. The van der Waals surface area contributed by atoms with Gasteiger partial charge in [0, 0.05) is 47.9 Å². The van der Waals surface area contributed by atoms with Gasteiger partial charge < -0.3 is 29.2 Å². The molecule has 4 aromatic rings. The molecule has 0 amide bonds. The molecule has 0 aromatic heterocycles. The molecule has 0 saturated heterocycles. The second kappa shape index (κ2) is 15.8. The molecule has 0 unspecified atom stereocenters. The minimum absolute atomic E-state index is 0.267. The lowest BCUT2D eigenvalue weighted by Crippen LogP contribution is -2.08. The summed E-state index contributed by atoms with van der Waals surface area (Å²) in [5.74, 6) is 3.62. The van der Waals surface area contributed by atoms with E-state index in [-0.39, 0.29) is 11.5 Å². The summed E-state index contributed by atoms with van der Waals surface area (Å²) >= 11 is 0. The van der Waals surface area contributed by atoms with Gasteiger partial charge >= 0.3 is 0 Å². The molecule has 0 fully saturated rings. The first-order valence-corrected chi connectivity index (χ1v) is 16.9. The van der Waals surface area contributed by atoms with Gasteiger partial charge in [0.2, 0.25) is 0 Å².